The standard InChI is InChI=1S/C21H18N3P/c1-4-10-18(11-5-1)24-25(21-22-16-17-23-21,19-12-6-2-7-13-19)20-14-8-3-9-15-20/h1-17H,(H,22,23). The summed E-state index contributed by atoms with van der Waals surface area (Å²) in [7, 11) is -2.27. The normalized spacial score (nSPS) is 11.2. The van der Waals surface area contributed by atoms with Gasteiger partial charge in [-0.05, 0) is 12.1 Å². The van der Waals surface area contributed by atoms with Crippen LogP contribution in [0, 0.1) is 0 Å². The Morgan fingerprint density at radius 1 is 0.680 bits per heavy atom. The Labute approximate surface area is 147 Å². The molecule has 3 nitrogen and oxygen atoms in total. The van der Waals surface area contributed by atoms with Gasteiger partial charge in [-0.15, -0.1) is 0 Å². The molecule has 0 unspecified atom stereocenters. The molecule has 4 heteroatoms. The van der Waals surface area contributed by atoms with E-state index in [2.05, 4.69) is 58.5 Å². The molecule has 3 aromatic carbocycles. The van der Waals surface area contributed by atoms with Crippen molar-refractivity contribution in [1.29, 1.82) is 0 Å². The second kappa shape index (κ2) is 6.92. The molecular formula is C21H18N3P. The average molecular weight is 343 g/mol. The number of aromatic nitrogens is 2. The molecule has 0 aliphatic carbocycles. The Balaban J connectivity index is 2.11. The first-order chi connectivity index (χ1) is 12.4. The molecule has 0 aliphatic heterocycles. The fourth-order valence-electron chi connectivity index (χ4n) is 2.95. The van der Waals surface area contributed by atoms with Crippen molar-refractivity contribution in [2.24, 2.45) is 4.74 Å². The summed E-state index contributed by atoms with van der Waals surface area (Å²) in [5.41, 5.74) is 1.87. The maximum atomic E-state index is 5.29. The number of H-pyrrole nitrogens is 1. The van der Waals surface area contributed by atoms with Gasteiger partial charge in [-0.3, -0.25) is 4.74 Å². The SMILES string of the molecule is c1ccc(N=P(c2ccccc2)(c2ccccc2)c2ncc[nH]2)cc1. The third-order valence-electron chi connectivity index (χ3n) is 4.07. The number of benzene rings is 3. The fraction of sp³-hybridized carbons (Fsp3) is 0. The average Bonchev–Trinajstić information content (AvgIpc) is 3.23. The van der Waals surface area contributed by atoms with E-state index >= 15 is 0 Å². The Morgan fingerprint density at radius 3 is 1.68 bits per heavy atom. The van der Waals surface area contributed by atoms with Crippen molar-refractivity contribution in [2.45, 2.75) is 0 Å². The summed E-state index contributed by atoms with van der Waals surface area (Å²) in [6, 6.07) is 31.1. The van der Waals surface area contributed by atoms with Gasteiger partial charge in [0.25, 0.3) is 0 Å². The first-order valence-corrected chi connectivity index (χ1v) is 9.92. The van der Waals surface area contributed by atoms with Gasteiger partial charge in [-0.1, -0.05) is 78.9 Å². The molecule has 0 bridgehead atoms. The molecule has 0 saturated heterocycles. The van der Waals surface area contributed by atoms with E-state index in [1.54, 1.807) is 6.20 Å². The van der Waals surface area contributed by atoms with Gasteiger partial charge in [0.15, 0.2) is 5.57 Å². The van der Waals surface area contributed by atoms with Gasteiger partial charge < -0.3 is 4.98 Å². The van der Waals surface area contributed by atoms with Crippen molar-refractivity contribution in [1.82, 2.24) is 9.97 Å². The van der Waals surface area contributed by atoms with Gasteiger partial charge in [0.1, 0.15) is 0 Å². The molecule has 122 valence electrons. The molecule has 4 rings (SSSR count). The fourth-order valence-corrected chi connectivity index (χ4v) is 6.24. The summed E-state index contributed by atoms with van der Waals surface area (Å²) in [5.74, 6) is 0. The maximum Gasteiger partial charge on any atom is 0.154 e. The molecule has 0 saturated carbocycles. The van der Waals surface area contributed by atoms with E-state index in [9.17, 15) is 0 Å². The van der Waals surface area contributed by atoms with E-state index < -0.39 is 7.05 Å². The van der Waals surface area contributed by atoms with Gasteiger partial charge in [0, 0.05) is 23.0 Å². The summed E-state index contributed by atoms with van der Waals surface area (Å²) in [4.78, 5) is 7.98. The van der Waals surface area contributed by atoms with Crippen molar-refractivity contribution >= 4 is 28.9 Å². The Morgan fingerprint density at radius 2 is 1.20 bits per heavy atom. The Kier molecular flexibility index (Phi) is 4.32. The lowest BCUT2D eigenvalue weighted by molar-refractivity contribution is 1.39. The smallest absolute Gasteiger partial charge is 0.154 e. The summed E-state index contributed by atoms with van der Waals surface area (Å²) < 4.78 is 5.29. The lowest BCUT2D eigenvalue weighted by atomic mass is 10.3. The summed E-state index contributed by atoms with van der Waals surface area (Å²) in [5, 5.41) is 2.36. The number of aromatic amines is 1. The molecule has 1 heterocycles. The number of imidazole rings is 1. The quantitative estimate of drug-likeness (QED) is 0.554. The zero-order chi connectivity index (χ0) is 17.0. The van der Waals surface area contributed by atoms with Gasteiger partial charge in [0.2, 0.25) is 0 Å². The van der Waals surface area contributed by atoms with Crippen LogP contribution in [0.1, 0.15) is 0 Å². The highest BCUT2D eigenvalue weighted by atomic mass is 31.2. The zero-order valence-corrected chi connectivity index (χ0v) is 14.6. The molecular weight excluding hydrogens is 325 g/mol. The lowest BCUT2D eigenvalue weighted by Gasteiger charge is -2.24. The van der Waals surface area contributed by atoms with Gasteiger partial charge in [0.05, 0.1) is 12.7 Å². The first kappa shape index (κ1) is 15.6. The predicted molar refractivity (Wildman–Crippen MR) is 106 cm³/mol. The number of nitrogens with one attached hydrogen (secondary N) is 1. The number of nitrogens with zero attached hydrogens (tertiary/aromatic N) is 2. The molecule has 0 aliphatic rings. The lowest BCUT2D eigenvalue weighted by Crippen LogP contribution is -2.27. The van der Waals surface area contributed by atoms with Crippen LogP contribution in [-0.2, 0) is 0 Å². The summed E-state index contributed by atoms with van der Waals surface area (Å²) >= 11 is 0. The highest BCUT2D eigenvalue weighted by molar-refractivity contribution is 7.87. The molecule has 0 amide bonds. The molecule has 0 spiro atoms. The van der Waals surface area contributed by atoms with Crippen LogP contribution in [0.5, 0.6) is 0 Å². The van der Waals surface area contributed by atoms with E-state index in [0.717, 1.165) is 11.3 Å². The van der Waals surface area contributed by atoms with Crippen LogP contribution >= 0.6 is 7.05 Å². The second-order valence-corrected chi connectivity index (χ2v) is 8.58. The van der Waals surface area contributed by atoms with E-state index in [-0.39, 0.29) is 0 Å². The first-order valence-electron chi connectivity index (χ1n) is 8.18. The molecule has 1 N–H and O–H groups in total. The molecule has 25 heavy (non-hydrogen) atoms. The molecule has 0 fully saturated rings. The predicted octanol–water partition coefficient (Wildman–Crippen LogP) is 4.22. The van der Waals surface area contributed by atoms with Crippen molar-refractivity contribution in [3.8, 4) is 0 Å². The van der Waals surface area contributed by atoms with Crippen molar-refractivity contribution in [2.75, 3.05) is 0 Å². The third kappa shape index (κ3) is 2.95. The second-order valence-electron chi connectivity index (χ2n) is 5.65. The molecule has 4 aromatic rings. The summed E-state index contributed by atoms with van der Waals surface area (Å²) in [6.07, 6.45) is 3.67. The van der Waals surface area contributed by atoms with Gasteiger partial charge >= 0.3 is 0 Å². The monoisotopic (exact) mass is 343 g/mol. The Hall–Kier alpha value is -2.90. The minimum atomic E-state index is -2.27. The molecule has 1 aromatic heterocycles. The topological polar surface area (TPSA) is 41.0 Å². The van der Waals surface area contributed by atoms with Crippen LogP contribution in [-0.4, -0.2) is 9.97 Å². The van der Waals surface area contributed by atoms with Crippen LogP contribution < -0.4 is 16.2 Å². The van der Waals surface area contributed by atoms with E-state index in [0.29, 0.717) is 0 Å². The van der Waals surface area contributed by atoms with Crippen molar-refractivity contribution in [3.63, 3.8) is 0 Å². The highest BCUT2D eigenvalue weighted by Crippen LogP contribution is 2.47. The third-order valence-corrected chi connectivity index (χ3v) is 7.55. The van der Waals surface area contributed by atoms with Crippen LogP contribution in [0.25, 0.3) is 0 Å². The van der Waals surface area contributed by atoms with E-state index in [4.69, 9.17) is 4.74 Å². The van der Waals surface area contributed by atoms with Crippen LogP contribution in [0.3, 0.4) is 0 Å². The summed E-state index contributed by atoms with van der Waals surface area (Å²) in [6.45, 7) is 0. The van der Waals surface area contributed by atoms with Crippen molar-refractivity contribution in [3.05, 3.63) is 103 Å². The molecule has 0 atom stereocenters. The van der Waals surface area contributed by atoms with Crippen molar-refractivity contribution < 1.29 is 0 Å². The minimum absolute atomic E-state index is 0.911. The van der Waals surface area contributed by atoms with E-state index in [1.165, 1.54) is 10.6 Å². The Bertz CT molecular complexity index is 936. The van der Waals surface area contributed by atoms with Gasteiger partial charge in [-0.2, -0.15) is 0 Å². The van der Waals surface area contributed by atoms with E-state index in [1.807, 2.05) is 48.7 Å². The maximum absolute atomic E-state index is 5.29. The largest absolute Gasteiger partial charge is 0.343 e. The molecule has 0 radical (unpaired) electrons. The number of hydrogen-bond donors (Lipinski definition) is 1. The van der Waals surface area contributed by atoms with Crippen LogP contribution in [0.15, 0.2) is 108 Å². The number of rotatable bonds is 4. The highest BCUT2D eigenvalue weighted by Gasteiger charge is 2.29. The zero-order valence-electron chi connectivity index (χ0n) is 13.7. The van der Waals surface area contributed by atoms with Gasteiger partial charge in [-0.25, -0.2) is 4.98 Å². The van der Waals surface area contributed by atoms with Crippen LogP contribution in [0.2, 0.25) is 0 Å². The van der Waals surface area contributed by atoms with Crippen LogP contribution in [0.4, 0.5) is 5.69 Å². The number of hydrogen-bond acceptors (Lipinski definition) is 2. The minimum Gasteiger partial charge on any atom is -0.343 e.